The Morgan fingerprint density at radius 1 is 1.08 bits per heavy atom. The molecule has 0 fully saturated rings. The van der Waals surface area contributed by atoms with Crippen LogP contribution >= 0.6 is 0 Å². The van der Waals surface area contributed by atoms with Crippen molar-refractivity contribution in [2.45, 2.75) is 19.4 Å². The van der Waals surface area contributed by atoms with Gasteiger partial charge in [-0.1, -0.05) is 30.3 Å². The molecule has 0 aliphatic carbocycles. The van der Waals surface area contributed by atoms with Crippen molar-refractivity contribution in [2.75, 3.05) is 6.54 Å². The number of nitrogens with one attached hydrogen (secondary N) is 2. The van der Waals surface area contributed by atoms with Gasteiger partial charge in [-0.25, -0.2) is 8.78 Å². The van der Waals surface area contributed by atoms with Crippen LogP contribution in [0.15, 0.2) is 54.6 Å². The topological polar surface area (TPSA) is 58.2 Å². The fourth-order valence-electron chi connectivity index (χ4n) is 2.30. The molecule has 2 amide bonds. The molecule has 1 atom stereocenters. The summed E-state index contributed by atoms with van der Waals surface area (Å²) >= 11 is 0. The van der Waals surface area contributed by atoms with Crippen molar-refractivity contribution in [3.05, 3.63) is 77.4 Å². The summed E-state index contributed by atoms with van der Waals surface area (Å²) in [6, 6.07) is 11.8. The van der Waals surface area contributed by atoms with Crippen LogP contribution in [0.5, 0.6) is 0 Å². The van der Waals surface area contributed by atoms with E-state index in [1.54, 1.807) is 13.0 Å². The maximum Gasteiger partial charge on any atom is 0.244 e. The van der Waals surface area contributed by atoms with Gasteiger partial charge in [-0.05, 0) is 42.7 Å². The molecule has 2 rings (SSSR count). The standard InChI is InChI=1S/C20H20F2N2O2/c1-14(24-19(25)8-7-15-5-3-2-4-6-15)20(26)23-10-9-16-11-17(21)13-18(22)12-16/h2-8,11-14H,9-10H2,1H3,(H,23,26)(H,24,25)/b8-7+. The Bertz CT molecular complexity index is 771. The number of amides is 2. The summed E-state index contributed by atoms with van der Waals surface area (Å²) in [6.07, 6.45) is 3.29. The number of hydrogen-bond donors (Lipinski definition) is 2. The van der Waals surface area contributed by atoms with Crippen molar-refractivity contribution in [2.24, 2.45) is 0 Å². The first-order valence-corrected chi connectivity index (χ1v) is 8.20. The van der Waals surface area contributed by atoms with Gasteiger partial charge in [0.05, 0.1) is 0 Å². The number of carbonyl (C=O) groups is 2. The zero-order valence-electron chi connectivity index (χ0n) is 14.3. The second kappa shape index (κ2) is 9.46. The van der Waals surface area contributed by atoms with Crippen LogP contribution in [0, 0.1) is 11.6 Å². The molecular formula is C20H20F2N2O2. The predicted molar refractivity (Wildman–Crippen MR) is 96.2 cm³/mol. The van der Waals surface area contributed by atoms with Gasteiger partial charge in [0, 0.05) is 18.7 Å². The number of hydrogen-bond acceptors (Lipinski definition) is 2. The second-order valence-electron chi connectivity index (χ2n) is 5.79. The number of halogens is 2. The molecule has 0 aliphatic heterocycles. The van der Waals surface area contributed by atoms with Crippen molar-refractivity contribution in [3.63, 3.8) is 0 Å². The SMILES string of the molecule is CC(NC(=O)/C=C/c1ccccc1)C(=O)NCCc1cc(F)cc(F)c1. The molecular weight excluding hydrogens is 338 g/mol. The van der Waals surface area contributed by atoms with E-state index in [4.69, 9.17) is 0 Å². The molecule has 0 spiro atoms. The first-order valence-electron chi connectivity index (χ1n) is 8.20. The molecule has 0 aliphatic rings. The molecule has 0 heterocycles. The molecule has 2 aromatic rings. The van der Waals surface area contributed by atoms with E-state index < -0.39 is 17.7 Å². The minimum absolute atomic E-state index is 0.210. The number of benzene rings is 2. The molecule has 0 saturated carbocycles. The fraction of sp³-hybridized carbons (Fsp3) is 0.200. The summed E-state index contributed by atoms with van der Waals surface area (Å²) in [4.78, 5) is 23.8. The fourth-order valence-corrected chi connectivity index (χ4v) is 2.30. The van der Waals surface area contributed by atoms with Crippen LogP contribution in [0.3, 0.4) is 0 Å². The first kappa shape index (κ1) is 19.3. The average Bonchev–Trinajstić information content (AvgIpc) is 2.60. The molecule has 1 unspecified atom stereocenters. The molecule has 136 valence electrons. The summed E-state index contributed by atoms with van der Waals surface area (Å²) in [5.41, 5.74) is 1.33. The summed E-state index contributed by atoms with van der Waals surface area (Å²) in [7, 11) is 0. The van der Waals surface area contributed by atoms with E-state index in [9.17, 15) is 18.4 Å². The van der Waals surface area contributed by atoms with Crippen molar-refractivity contribution in [3.8, 4) is 0 Å². The third-order valence-corrected chi connectivity index (χ3v) is 3.61. The zero-order valence-corrected chi connectivity index (χ0v) is 14.3. The maximum atomic E-state index is 13.1. The third-order valence-electron chi connectivity index (χ3n) is 3.61. The highest BCUT2D eigenvalue weighted by Gasteiger charge is 2.13. The van der Waals surface area contributed by atoms with E-state index in [0.717, 1.165) is 11.6 Å². The van der Waals surface area contributed by atoms with Crippen LogP contribution in [0.25, 0.3) is 6.08 Å². The van der Waals surface area contributed by atoms with Crippen LogP contribution in [0.4, 0.5) is 8.78 Å². The van der Waals surface area contributed by atoms with Gasteiger partial charge in [0.25, 0.3) is 0 Å². The lowest BCUT2D eigenvalue weighted by Crippen LogP contribution is -2.44. The molecule has 2 N–H and O–H groups in total. The van der Waals surface area contributed by atoms with Crippen molar-refractivity contribution >= 4 is 17.9 Å². The van der Waals surface area contributed by atoms with Crippen LogP contribution in [0.2, 0.25) is 0 Å². The van der Waals surface area contributed by atoms with Gasteiger partial charge < -0.3 is 10.6 Å². The molecule has 4 nitrogen and oxygen atoms in total. The molecule has 2 aromatic carbocycles. The lowest BCUT2D eigenvalue weighted by Gasteiger charge is -2.13. The van der Waals surface area contributed by atoms with E-state index in [1.165, 1.54) is 18.2 Å². The Labute approximate surface area is 150 Å². The predicted octanol–water partition coefficient (Wildman–Crippen LogP) is 2.84. The Kier molecular flexibility index (Phi) is 7.02. The monoisotopic (exact) mass is 358 g/mol. The minimum atomic E-state index is -0.729. The van der Waals surface area contributed by atoms with Gasteiger partial charge in [0.1, 0.15) is 17.7 Å². The van der Waals surface area contributed by atoms with Gasteiger partial charge in [-0.15, -0.1) is 0 Å². The summed E-state index contributed by atoms with van der Waals surface area (Å²) in [5, 5.41) is 5.19. The molecule has 26 heavy (non-hydrogen) atoms. The van der Waals surface area contributed by atoms with Crippen LogP contribution in [-0.4, -0.2) is 24.4 Å². The molecule has 6 heteroatoms. The molecule has 0 aromatic heterocycles. The Morgan fingerprint density at radius 2 is 1.73 bits per heavy atom. The van der Waals surface area contributed by atoms with Crippen LogP contribution < -0.4 is 10.6 Å². The van der Waals surface area contributed by atoms with Gasteiger partial charge in [0.2, 0.25) is 11.8 Å². The zero-order chi connectivity index (χ0) is 18.9. The molecule has 0 radical (unpaired) electrons. The van der Waals surface area contributed by atoms with Gasteiger partial charge in [-0.2, -0.15) is 0 Å². The maximum absolute atomic E-state index is 13.1. The third kappa shape index (κ3) is 6.47. The highest BCUT2D eigenvalue weighted by Crippen LogP contribution is 2.08. The number of rotatable bonds is 7. The van der Waals surface area contributed by atoms with E-state index in [-0.39, 0.29) is 24.8 Å². The van der Waals surface area contributed by atoms with Crippen molar-refractivity contribution < 1.29 is 18.4 Å². The van der Waals surface area contributed by atoms with Crippen LogP contribution in [-0.2, 0) is 16.0 Å². The molecule has 0 bridgehead atoms. The van der Waals surface area contributed by atoms with E-state index in [2.05, 4.69) is 10.6 Å². The first-order chi connectivity index (χ1) is 12.4. The Balaban J connectivity index is 1.76. The van der Waals surface area contributed by atoms with Gasteiger partial charge >= 0.3 is 0 Å². The highest BCUT2D eigenvalue weighted by atomic mass is 19.1. The van der Waals surface area contributed by atoms with Gasteiger partial charge in [0.15, 0.2) is 0 Å². The minimum Gasteiger partial charge on any atom is -0.354 e. The van der Waals surface area contributed by atoms with Crippen molar-refractivity contribution in [1.29, 1.82) is 0 Å². The smallest absolute Gasteiger partial charge is 0.244 e. The quantitative estimate of drug-likeness (QED) is 0.748. The summed E-state index contributed by atoms with van der Waals surface area (Å²) in [6.45, 7) is 1.77. The number of carbonyl (C=O) groups excluding carboxylic acids is 2. The Morgan fingerprint density at radius 3 is 2.38 bits per heavy atom. The van der Waals surface area contributed by atoms with E-state index in [0.29, 0.717) is 5.56 Å². The largest absolute Gasteiger partial charge is 0.354 e. The lowest BCUT2D eigenvalue weighted by molar-refractivity contribution is -0.126. The highest BCUT2D eigenvalue weighted by molar-refractivity contribution is 5.95. The summed E-state index contributed by atoms with van der Waals surface area (Å²) in [5.74, 6) is -2.07. The molecule has 0 saturated heterocycles. The average molecular weight is 358 g/mol. The van der Waals surface area contributed by atoms with Crippen LogP contribution in [0.1, 0.15) is 18.1 Å². The normalized spacial score (nSPS) is 12.0. The summed E-state index contributed by atoms with van der Waals surface area (Å²) < 4.78 is 26.2. The second-order valence-corrected chi connectivity index (χ2v) is 5.79. The van der Waals surface area contributed by atoms with E-state index >= 15 is 0 Å². The van der Waals surface area contributed by atoms with E-state index in [1.807, 2.05) is 30.3 Å². The van der Waals surface area contributed by atoms with Gasteiger partial charge in [-0.3, -0.25) is 9.59 Å². The van der Waals surface area contributed by atoms with Crippen molar-refractivity contribution in [1.82, 2.24) is 10.6 Å². The lowest BCUT2D eigenvalue weighted by atomic mass is 10.1. The Hall–Kier alpha value is -3.02.